The van der Waals surface area contributed by atoms with Crippen molar-refractivity contribution in [3.63, 3.8) is 0 Å². The third-order valence-corrected chi connectivity index (χ3v) is 8.82. The standard InChI is InChI=1S/C41H50N8O10/c42-49-46-11-12-55-13-14-56-15-16-57-17-18-58-19-20-59-38-10-9-34(35-3-1-2-4-36(35)38)28-5-7-29(8-6-28)37(24-40(53)54)48-39(52)27-43-30-21-31(23-32(50)22-30)47-41-44-25-33(51)26-45-41/h1-10,21-23,33,37,43,50-51H,11-20,24-27H2,(H,48,52)(H,53,54)(H2,44,45,47)/t37-/m0/s1. The number of benzene rings is 4. The zero-order chi connectivity index (χ0) is 41.7. The number of guanidine groups is 1. The van der Waals surface area contributed by atoms with Crippen molar-refractivity contribution in [2.45, 2.75) is 18.6 Å². The molecule has 0 aliphatic carbocycles. The molecule has 0 saturated heterocycles. The number of fused-ring (bicyclic) bond motifs is 1. The van der Waals surface area contributed by atoms with E-state index in [1.807, 2.05) is 60.7 Å². The van der Waals surface area contributed by atoms with Crippen LogP contribution in [0.25, 0.3) is 32.3 Å². The molecular formula is C41H50N8O10. The Morgan fingerprint density at radius 2 is 1.53 bits per heavy atom. The summed E-state index contributed by atoms with van der Waals surface area (Å²) in [6.45, 7) is 4.36. The van der Waals surface area contributed by atoms with Gasteiger partial charge in [0.15, 0.2) is 5.96 Å². The molecule has 0 saturated carbocycles. The van der Waals surface area contributed by atoms with E-state index >= 15 is 0 Å². The number of hydrogen-bond acceptors (Lipinski definition) is 14. The molecule has 4 aromatic rings. The van der Waals surface area contributed by atoms with Crippen LogP contribution in [0.2, 0.25) is 0 Å². The van der Waals surface area contributed by atoms with E-state index < -0.39 is 24.0 Å². The van der Waals surface area contributed by atoms with Crippen LogP contribution in [-0.2, 0) is 28.5 Å². The van der Waals surface area contributed by atoms with Gasteiger partial charge < -0.3 is 60.3 Å². The molecule has 0 radical (unpaired) electrons. The highest BCUT2D eigenvalue weighted by Crippen LogP contribution is 2.35. The maximum atomic E-state index is 13.1. The van der Waals surface area contributed by atoms with Gasteiger partial charge in [0.1, 0.15) is 18.1 Å². The van der Waals surface area contributed by atoms with Crippen molar-refractivity contribution in [1.82, 2.24) is 10.6 Å². The number of rotatable bonds is 25. The zero-order valence-electron chi connectivity index (χ0n) is 32.5. The normalized spacial score (nSPS) is 14.1. The van der Waals surface area contributed by atoms with Crippen LogP contribution in [0.3, 0.4) is 0 Å². The first-order valence-corrected chi connectivity index (χ1v) is 19.2. The monoisotopic (exact) mass is 814 g/mol. The van der Waals surface area contributed by atoms with Crippen molar-refractivity contribution in [3.8, 4) is 22.6 Å². The smallest absolute Gasteiger partial charge is 0.305 e. The maximum absolute atomic E-state index is 13.1. The first kappa shape index (κ1) is 44.0. The van der Waals surface area contributed by atoms with Crippen LogP contribution >= 0.6 is 0 Å². The van der Waals surface area contributed by atoms with Crippen LogP contribution in [0.4, 0.5) is 11.4 Å². The highest BCUT2D eigenvalue weighted by atomic mass is 16.6. The summed E-state index contributed by atoms with van der Waals surface area (Å²) in [6, 6.07) is 23.1. The van der Waals surface area contributed by atoms with Gasteiger partial charge in [-0.2, -0.15) is 0 Å². The van der Waals surface area contributed by atoms with Crippen molar-refractivity contribution in [2.75, 3.05) is 96.3 Å². The SMILES string of the molecule is [N-]=[N+]=NCCOCCOCCOCCOCCOc1ccc(-c2ccc([C@H](CC(=O)O)NC(=O)CNc3cc(O)cc(NC4=NCC(O)CN4)c3)cc2)c2ccccc12. The van der Waals surface area contributed by atoms with Crippen molar-refractivity contribution in [1.29, 1.82) is 0 Å². The third-order valence-electron chi connectivity index (χ3n) is 8.82. The number of hydrogen-bond donors (Lipinski definition) is 7. The Hall–Kier alpha value is -6.14. The summed E-state index contributed by atoms with van der Waals surface area (Å²) in [4.78, 5) is 31.7. The van der Waals surface area contributed by atoms with Crippen LogP contribution in [0.15, 0.2) is 89.0 Å². The number of aromatic hydroxyl groups is 1. The summed E-state index contributed by atoms with van der Waals surface area (Å²) in [7, 11) is 0. The number of aliphatic imine (C=N–C) groups is 1. The number of phenols is 1. The van der Waals surface area contributed by atoms with Gasteiger partial charge in [0.25, 0.3) is 0 Å². The summed E-state index contributed by atoms with van der Waals surface area (Å²) in [5.74, 6) is -0.386. The number of carboxylic acid groups (broad SMARTS) is 1. The molecule has 1 heterocycles. The van der Waals surface area contributed by atoms with Crippen LogP contribution in [-0.4, -0.2) is 125 Å². The predicted molar refractivity (Wildman–Crippen MR) is 222 cm³/mol. The summed E-state index contributed by atoms with van der Waals surface area (Å²) in [5.41, 5.74) is 11.7. The lowest BCUT2D eigenvalue weighted by molar-refractivity contribution is -0.137. The number of aliphatic hydroxyl groups is 1. The van der Waals surface area contributed by atoms with E-state index in [-0.39, 0.29) is 25.3 Å². The van der Waals surface area contributed by atoms with Crippen LogP contribution in [0, 0.1) is 0 Å². The van der Waals surface area contributed by atoms with E-state index in [0.29, 0.717) is 101 Å². The number of aliphatic hydroxyl groups excluding tert-OH is 1. The molecular weight excluding hydrogens is 764 g/mol. The number of carboxylic acids is 1. The van der Waals surface area contributed by atoms with Crippen molar-refractivity contribution < 1.29 is 48.6 Å². The molecule has 59 heavy (non-hydrogen) atoms. The molecule has 314 valence electrons. The Labute approximate surface area is 341 Å². The minimum Gasteiger partial charge on any atom is -0.508 e. The van der Waals surface area contributed by atoms with Crippen molar-refractivity contribution >= 4 is 40.0 Å². The number of carbonyl (C=O) groups excluding carboxylic acids is 1. The average molecular weight is 815 g/mol. The van der Waals surface area contributed by atoms with Gasteiger partial charge in [0.05, 0.1) is 84.5 Å². The fourth-order valence-corrected chi connectivity index (χ4v) is 6.06. The number of anilines is 2. The Morgan fingerprint density at radius 1 is 0.864 bits per heavy atom. The predicted octanol–water partition coefficient (Wildman–Crippen LogP) is 4.44. The van der Waals surface area contributed by atoms with Crippen LogP contribution in [0.1, 0.15) is 18.0 Å². The number of aliphatic carboxylic acids is 1. The van der Waals surface area contributed by atoms with Crippen molar-refractivity contribution in [3.05, 3.63) is 94.9 Å². The Bertz CT molecular complexity index is 2040. The zero-order valence-corrected chi connectivity index (χ0v) is 32.5. The van der Waals surface area contributed by atoms with Gasteiger partial charge in [0, 0.05) is 46.9 Å². The number of phenolic OH excluding ortho intramolecular Hbond substituents is 1. The summed E-state index contributed by atoms with van der Waals surface area (Å²) in [6.07, 6.45) is -0.894. The van der Waals surface area contributed by atoms with E-state index in [2.05, 4.69) is 36.3 Å². The molecule has 0 fully saturated rings. The fraction of sp³-hybridized carbons (Fsp3) is 0.390. The molecule has 7 N–H and O–H groups in total. The Morgan fingerprint density at radius 3 is 2.19 bits per heavy atom. The molecule has 1 unspecified atom stereocenters. The number of β-amino-alcohol motifs (C(OH)–C–C–N with tert-alkyl or cyclic N) is 1. The van der Waals surface area contributed by atoms with E-state index in [9.17, 15) is 24.9 Å². The highest BCUT2D eigenvalue weighted by Gasteiger charge is 2.19. The van der Waals surface area contributed by atoms with Crippen LogP contribution in [0.5, 0.6) is 11.5 Å². The van der Waals surface area contributed by atoms with Gasteiger partial charge in [-0.3, -0.25) is 14.6 Å². The number of nitrogens with zero attached hydrogens (tertiary/aromatic N) is 4. The molecule has 1 aliphatic heterocycles. The number of carbonyl (C=O) groups is 2. The van der Waals surface area contributed by atoms with Gasteiger partial charge in [-0.05, 0) is 39.7 Å². The summed E-state index contributed by atoms with van der Waals surface area (Å²) < 4.78 is 28.0. The number of ether oxygens (including phenoxy) is 5. The lowest BCUT2D eigenvalue weighted by Gasteiger charge is -2.20. The molecule has 1 aliphatic rings. The second-order valence-corrected chi connectivity index (χ2v) is 13.2. The molecule has 4 aromatic carbocycles. The van der Waals surface area contributed by atoms with Crippen LogP contribution < -0.4 is 26.0 Å². The minimum absolute atomic E-state index is 0.0449. The second kappa shape index (κ2) is 23.9. The largest absolute Gasteiger partial charge is 0.508 e. The second-order valence-electron chi connectivity index (χ2n) is 13.2. The molecule has 0 spiro atoms. The van der Waals surface area contributed by atoms with E-state index in [0.717, 1.165) is 21.9 Å². The molecule has 5 rings (SSSR count). The summed E-state index contributed by atoms with van der Waals surface area (Å²) >= 11 is 0. The third kappa shape index (κ3) is 15.0. The van der Waals surface area contributed by atoms with Gasteiger partial charge in [-0.1, -0.05) is 59.7 Å². The fourth-order valence-electron chi connectivity index (χ4n) is 6.06. The highest BCUT2D eigenvalue weighted by molar-refractivity contribution is 6.00. The molecule has 18 heteroatoms. The molecule has 0 bridgehead atoms. The first-order chi connectivity index (χ1) is 28.8. The number of amides is 1. The number of azide groups is 1. The van der Waals surface area contributed by atoms with Gasteiger partial charge in [-0.25, -0.2) is 0 Å². The summed E-state index contributed by atoms with van der Waals surface area (Å²) in [5, 5.41) is 46.6. The lowest BCUT2D eigenvalue weighted by Crippen LogP contribution is -2.42. The average Bonchev–Trinajstić information content (AvgIpc) is 3.23. The molecule has 0 aromatic heterocycles. The van der Waals surface area contributed by atoms with Crippen molar-refractivity contribution in [2.24, 2.45) is 10.1 Å². The van der Waals surface area contributed by atoms with Gasteiger partial charge in [-0.15, -0.1) is 0 Å². The van der Waals surface area contributed by atoms with E-state index in [4.69, 9.17) is 29.2 Å². The number of nitrogens with one attached hydrogen (secondary N) is 4. The van der Waals surface area contributed by atoms with Gasteiger partial charge in [0.2, 0.25) is 5.91 Å². The minimum atomic E-state index is -1.07. The van der Waals surface area contributed by atoms with E-state index in [1.54, 1.807) is 6.07 Å². The van der Waals surface area contributed by atoms with Gasteiger partial charge >= 0.3 is 5.97 Å². The van der Waals surface area contributed by atoms with E-state index in [1.165, 1.54) is 12.1 Å². The Balaban J connectivity index is 1.08. The topological polar surface area (TPSA) is 250 Å². The lowest BCUT2D eigenvalue weighted by atomic mass is 9.95. The molecule has 2 atom stereocenters. The first-order valence-electron chi connectivity index (χ1n) is 19.2. The maximum Gasteiger partial charge on any atom is 0.305 e. The quantitative estimate of drug-likeness (QED) is 0.0212. The molecule has 18 nitrogen and oxygen atoms in total. The molecule has 1 amide bonds. The Kier molecular flexibility index (Phi) is 17.8.